The molecule has 0 aliphatic carbocycles. The van der Waals surface area contributed by atoms with Crippen molar-refractivity contribution < 1.29 is 4.42 Å². The van der Waals surface area contributed by atoms with Crippen molar-refractivity contribution in [2.75, 3.05) is 5.73 Å². The SMILES string of the molecule is Nc1nc2ccccc2nc1-c1nnc(-c2ccccc2)o1. The number of nitrogens with zero attached hydrogens (tertiary/aromatic N) is 4. The predicted molar refractivity (Wildman–Crippen MR) is 82.7 cm³/mol. The lowest BCUT2D eigenvalue weighted by molar-refractivity contribution is 0.582. The number of nitrogens with two attached hydrogens (primary N) is 1. The van der Waals surface area contributed by atoms with Gasteiger partial charge in [0.05, 0.1) is 11.0 Å². The molecule has 2 heterocycles. The highest BCUT2D eigenvalue weighted by Crippen LogP contribution is 2.26. The first kappa shape index (κ1) is 12.5. The van der Waals surface area contributed by atoms with E-state index in [0.717, 1.165) is 16.6 Å². The molecule has 2 aromatic heterocycles. The number of fused-ring (bicyclic) bond motifs is 1. The first-order valence-corrected chi connectivity index (χ1v) is 6.73. The molecule has 0 atom stereocenters. The van der Waals surface area contributed by atoms with Gasteiger partial charge in [-0.15, -0.1) is 10.2 Å². The average Bonchev–Trinajstić information content (AvgIpc) is 3.05. The highest BCUT2D eigenvalue weighted by Gasteiger charge is 2.16. The molecule has 0 saturated heterocycles. The molecule has 2 aromatic carbocycles. The largest absolute Gasteiger partial charge is 0.414 e. The van der Waals surface area contributed by atoms with Gasteiger partial charge in [-0.2, -0.15) is 0 Å². The molecule has 0 fully saturated rings. The Hall–Kier alpha value is -3.28. The van der Waals surface area contributed by atoms with Gasteiger partial charge in [-0.25, -0.2) is 9.97 Å². The van der Waals surface area contributed by atoms with Crippen LogP contribution < -0.4 is 5.73 Å². The molecule has 0 unspecified atom stereocenters. The fraction of sp³-hybridized carbons (Fsp3) is 0. The second-order valence-corrected chi connectivity index (χ2v) is 4.72. The molecule has 0 spiro atoms. The van der Waals surface area contributed by atoms with E-state index in [1.165, 1.54) is 0 Å². The molecule has 2 N–H and O–H groups in total. The van der Waals surface area contributed by atoms with E-state index in [4.69, 9.17) is 10.2 Å². The summed E-state index contributed by atoms with van der Waals surface area (Å²) in [4.78, 5) is 8.79. The van der Waals surface area contributed by atoms with Crippen LogP contribution in [-0.2, 0) is 0 Å². The minimum absolute atomic E-state index is 0.259. The first-order chi connectivity index (χ1) is 10.8. The van der Waals surface area contributed by atoms with Gasteiger partial charge in [0.2, 0.25) is 5.89 Å². The van der Waals surface area contributed by atoms with Gasteiger partial charge >= 0.3 is 0 Å². The lowest BCUT2D eigenvalue weighted by atomic mass is 10.2. The average molecular weight is 289 g/mol. The van der Waals surface area contributed by atoms with E-state index in [1.807, 2.05) is 54.6 Å². The van der Waals surface area contributed by atoms with Gasteiger partial charge in [0, 0.05) is 5.56 Å². The number of rotatable bonds is 2. The third-order valence-electron chi connectivity index (χ3n) is 3.25. The number of benzene rings is 2. The van der Waals surface area contributed by atoms with Crippen LogP contribution in [0.15, 0.2) is 59.0 Å². The molecule has 4 rings (SSSR count). The molecule has 0 amide bonds. The highest BCUT2D eigenvalue weighted by atomic mass is 16.4. The Morgan fingerprint density at radius 3 is 2.14 bits per heavy atom. The van der Waals surface area contributed by atoms with Crippen molar-refractivity contribution in [1.82, 2.24) is 20.2 Å². The van der Waals surface area contributed by atoms with Gasteiger partial charge in [-0.3, -0.25) is 0 Å². The monoisotopic (exact) mass is 289 g/mol. The molecule has 106 valence electrons. The zero-order chi connectivity index (χ0) is 14.9. The molecule has 4 aromatic rings. The number of nitrogen functional groups attached to an aromatic ring is 1. The van der Waals surface area contributed by atoms with E-state index < -0.39 is 0 Å². The van der Waals surface area contributed by atoms with Crippen LogP contribution in [0.2, 0.25) is 0 Å². The Morgan fingerprint density at radius 1 is 0.727 bits per heavy atom. The molecule has 0 bridgehead atoms. The van der Waals surface area contributed by atoms with Crippen molar-refractivity contribution in [1.29, 1.82) is 0 Å². The van der Waals surface area contributed by atoms with Gasteiger partial charge < -0.3 is 10.2 Å². The van der Waals surface area contributed by atoms with E-state index in [2.05, 4.69) is 20.2 Å². The zero-order valence-corrected chi connectivity index (χ0v) is 11.5. The van der Waals surface area contributed by atoms with Crippen molar-refractivity contribution in [3.8, 4) is 23.0 Å². The number of anilines is 1. The van der Waals surface area contributed by atoms with Gasteiger partial charge in [0.25, 0.3) is 5.89 Å². The van der Waals surface area contributed by atoms with E-state index in [1.54, 1.807) is 0 Å². The molecule has 0 saturated carbocycles. The third kappa shape index (κ3) is 2.07. The lowest BCUT2D eigenvalue weighted by Crippen LogP contribution is -1.98. The summed E-state index contributed by atoms with van der Waals surface area (Å²) in [6, 6.07) is 17.0. The summed E-state index contributed by atoms with van der Waals surface area (Å²) in [5.74, 6) is 0.946. The van der Waals surface area contributed by atoms with Crippen LogP contribution in [0.25, 0.3) is 34.1 Å². The van der Waals surface area contributed by atoms with Gasteiger partial charge in [0.1, 0.15) is 0 Å². The van der Waals surface area contributed by atoms with Gasteiger partial charge in [-0.1, -0.05) is 30.3 Å². The summed E-state index contributed by atoms with van der Waals surface area (Å²) in [5, 5.41) is 8.08. The smallest absolute Gasteiger partial charge is 0.270 e. The molecule has 6 nitrogen and oxygen atoms in total. The van der Waals surface area contributed by atoms with Crippen molar-refractivity contribution in [2.24, 2.45) is 0 Å². The molecule has 0 aliphatic rings. The zero-order valence-electron chi connectivity index (χ0n) is 11.5. The summed E-state index contributed by atoms with van der Waals surface area (Å²) in [6.07, 6.45) is 0. The van der Waals surface area contributed by atoms with Gasteiger partial charge in [0.15, 0.2) is 11.5 Å². The number of aromatic nitrogens is 4. The van der Waals surface area contributed by atoms with Crippen LogP contribution >= 0.6 is 0 Å². The van der Waals surface area contributed by atoms with Crippen molar-refractivity contribution in [3.05, 3.63) is 54.6 Å². The molecular formula is C16H11N5O. The van der Waals surface area contributed by atoms with Crippen LogP contribution in [-0.4, -0.2) is 20.2 Å². The molecule has 0 radical (unpaired) electrons. The maximum atomic E-state index is 5.97. The lowest BCUT2D eigenvalue weighted by Gasteiger charge is -2.02. The van der Waals surface area contributed by atoms with E-state index in [9.17, 15) is 0 Å². The highest BCUT2D eigenvalue weighted by molar-refractivity contribution is 5.80. The summed E-state index contributed by atoms with van der Waals surface area (Å²) < 4.78 is 5.68. The predicted octanol–water partition coefficient (Wildman–Crippen LogP) is 2.93. The summed E-state index contributed by atoms with van der Waals surface area (Å²) >= 11 is 0. The normalized spacial score (nSPS) is 10.9. The number of para-hydroxylation sites is 2. The van der Waals surface area contributed by atoms with Crippen LogP contribution in [0.5, 0.6) is 0 Å². The van der Waals surface area contributed by atoms with Gasteiger partial charge in [-0.05, 0) is 24.3 Å². The Kier molecular flexibility index (Phi) is 2.79. The van der Waals surface area contributed by atoms with Crippen LogP contribution in [0.4, 0.5) is 5.82 Å². The van der Waals surface area contributed by atoms with Crippen LogP contribution in [0.3, 0.4) is 0 Å². The van der Waals surface area contributed by atoms with Crippen molar-refractivity contribution >= 4 is 16.9 Å². The van der Waals surface area contributed by atoms with Crippen LogP contribution in [0, 0.1) is 0 Å². The van der Waals surface area contributed by atoms with E-state index in [-0.39, 0.29) is 11.7 Å². The topological polar surface area (TPSA) is 90.7 Å². The molecule has 0 aliphatic heterocycles. The quantitative estimate of drug-likeness (QED) is 0.610. The molecule has 22 heavy (non-hydrogen) atoms. The Balaban J connectivity index is 1.82. The number of hydrogen-bond donors (Lipinski definition) is 1. The molecular weight excluding hydrogens is 278 g/mol. The van der Waals surface area contributed by atoms with Crippen molar-refractivity contribution in [3.63, 3.8) is 0 Å². The summed E-state index contributed by atoms with van der Waals surface area (Å²) in [7, 11) is 0. The Morgan fingerprint density at radius 2 is 1.36 bits per heavy atom. The van der Waals surface area contributed by atoms with E-state index >= 15 is 0 Å². The molecule has 6 heteroatoms. The number of hydrogen-bond acceptors (Lipinski definition) is 6. The fourth-order valence-electron chi connectivity index (χ4n) is 2.19. The minimum Gasteiger partial charge on any atom is -0.414 e. The summed E-state index contributed by atoms with van der Waals surface area (Å²) in [5.41, 5.74) is 8.66. The fourth-order valence-corrected chi connectivity index (χ4v) is 2.19. The Labute approximate surface area is 125 Å². The second-order valence-electron chi connectivity index (χ2n) is 4.72. The maximum absolute atomic E-state index is 5.97. The second kappa shape index (κ2) is 4.92. The summed E-state index contributed by atoms with van der Waals surface area (Å²) in [6.45, 7) is 0. The maximum Gasteiger partial charge on any atom is 0.270 e. The third-order valence-corrected chi connectivity index (χ3v) is 3.25. The first-order valence-electron chi connectivity index (χ1n) is 6.73. The van der Waals surface area contributed by atoms with Crippen molar-refractivity contribution in [2.45, 2.75) is 0 Å². The standard InChI is InChI=1S/C16H11N5O/c17-14-13(18-11-8-4-5-9-12(11)19-14)16-21-20-15(22-16)10-6-2-1-3-7-10/h1-9H,(H2,17,19). The van der Waals surface area contributed by atoms with Crippen LogP contribution in [0.1, 0.15) is 0 Å². The minimum atomic E-state index is 0.259. The van der Waals surface area contributed by atoms with E-state index in [0.29, 0.717) is 11.6 Å². The Bertz CT molecular complexity index is 949.